The van der Waals surface area contributed by atoms with Gasteiger partial charge in [0.15, 0.2) is 6.10 Å². The van der Waals surface area contributed by atoms with Crippen molar-refractivity contribution in [3.8, 4) is 11.5 Å². The third-order valence-corrected chi connectivity index (χ3v) is 4.06. The third-order valence-electron chi connectivity index (χ3n) is 3.32. The number of esters is 1. The molecular formula is C17H11Cl2FN2O3. The maximum absolute atomic E-state index is 13.0. The molecule has 1 aromatic heterocycles. The SMILES string of the molecule is C[C@@H](OC(=O)c1ccc(Cl)c(Cl)c1)c1nnc(-c2ccc(F)cc2)o1. The second-order valence-electron chi connectivity index (χ2n) is 5.13. The lowest BCUT2D eigenvalue weighted by Crippen LogP contribution is -2.09. The number of hydrogen-bond acceptors (Lipinski definition) is 5. The van der Waals surface area contributed by atoms with Crippen molar-refractivity contribution < 1.29 is 18.3 Å². The lowest BCUT2D eigenvalue weighted by molar-refractivity contribution is 0.0280. The van der Waals surface area contributed by atoms with Gasteiger partial charge in [-0.15, -0.1) is 10.2 Å². The van der Waals surface area contributed by atoms with Crippen molar-refractivity contribution in [2.45, 2.75) is 13.0 Å². The topological polar surface area (TPSA) is 65.2 Å². The molecule has 25 heavy (non-hydrogen) atoms. The van der Waals surface area contributed by atoms with E-state index < -0.39 is 12.1 Å². The molecule has 128 valence electrons. The van der Waals surface area contributed by atoms with Crippen LogP contribution in [0.25, 0.3) is 11.5 Å². The molecule has 0 aliphatic rings. The molecule has 0 unspecified atom stereocenters. The molecule has 1 heterocycles. The summed E-state index contributed by atoms with van der Waals surface area (Å²) in [5, 5.41) is 8.32. The number of halogens is 3. The fraction of sp³-hybridized carbons (Fsp3) is 0.118. The summed E-state index contributed by atoms with van der Waals surface area (Å²) >= 11 is 11.7. The maximum atomic E-state index is 13.0. The third kappa shape index (κ3) is 3.97. The van der Waals surface area contributed by atoms with E-state index in [-0.39, 0.29) is 28.2 Å². The van der Waals surface area contributed by atoms with Gasteiger partial charge in [-0.25, -0.2) is 9.18 Å². The summed E-state index contributed by atoms with van der Waals surface area (Å²) < 4.78 is 23.7. The van der Waals surface area contributed by atoms with Crippen LogP contribution in [-0.2, 0) is 4.74 Å². The number of hydrogen-bond donors (Lipinski definition) is 0. The number of carbonyl (C=O) groups is 1. The number of rotatable bonds is 4. The van der Waals surface area contributed by atoms with Crippen LogP contribution in [0.5, 0.6) is 0 Å². The summed E-state index contributed by atoms with van der Waals surface area (Å²) in [6.45, 7) is 1.59. The van der Waals surface area contributed by atoms with Crippen molar-refractivity contribution in [1.82, 2.24) is 10.2 Å². The van der Waals surface area contributed by atoms with Crippen LogP contribution in [-0.4, -0.2) is 16.2 Å². The predicted molar refractivity (Wildman–Crippen MR) is 90.0 cm³/mol. The maximum Gasteiger partial charge on any atom is 0.338 e. The van der Waals surface area contributed by atoms with Crippen LogP contribution in [0.2, 0.25) is 10.0 Å². The van der Waals surface area contributed by atoms with Crippen molar-refractivity contribution in [2.75, 3.05) is 0 Å². The average Bonchev–Trinajstić information content (AvgIpc) is 3.08. The molecule has 0 saturated heterocycles. The Bertz CT molecular complexity index is 913. The fourth-order valence-corrected chi connectivity index (χ4v) is 2.31. The summed E-state index contributed by atoms with van der Waals surface area (Å²) in [7, 11) is 0. The number of aromatic nitrogens is 2. The Morgan fingerprint density at radius 1 is 1.12 bits per heavy atom. The fourth-order valence-electron chi connectivity index (χ4n) is 2.01. The van der Waals surface area contributed by atoms with E-state index >= 15 is 0 Å². The lowest BCUT2D eigenvalue weighted by Gasteiger charge is -2.09. The summed E-state index contributed by atoms with van der Waals surface area (Å²) in [6, 6.07) is 10.0. The molecule has 0 amide bonds. The zero-order valence-electron chi connectivity index (χ0n) is 12.9. The first-order valence-corrected chi connectivity index (χ1v) is 7.95. The summed E-state index contributed by atoms with van der Waals surface area (Å²) in [5.41, 5.74) is 0.808. The van der Waals surface area contributed by atoms with Gasteiger partial charge in [-0.1, -0.05) is 23.2 Å². The standard InChI is InChI=1S/C17H11Cl2FN2O3/c1-9(24-17(23)11-4-7-13(18)14(19)8-11)15-21-22-16(25-15)10-2-5-12(20)6-3-10/h2-9H,1H3/t9-/m1/s1. The first-order valence-electron chi connectivity index (χ1n) is 7.19. The Morgan fingerprint density at radius 3 is 2.52 bits per heavy atom. The normalized spacial score (nSPS) is 12.0. The Balaban J connectivity index is 1.73. The molecule has 1 atom stereocenters. The Morgan fingerprint density at radius 2 is 1.84 bits per heavy atom. The number of nitrogens with zero attached hydrogens (tertiary/aromatic N) is 2. The molecule has 2 aromatic carbocycles. The molecule has 0 fully saturated rings. The van der Waals surface area contributed by atoms with Crippen LogP contribution in [0.4, 0.5) is 4.39 Å². The molecule has 3 rings (SSSR count). The highest BCUT2D eigenvalue weighted by molar-refractivity contribution is 6.42. The van der Waals surface area contributed by atoms with E-state index in [1.807, 2.05) is 0 Å². The lowest BCUT2D eigenvalue weighted by atomic mass is 10.2. The molecular weight excluding hydrogens is 370 g/mol. The number of benzene rings is 2. The van der Waals surface area contributed by atoms with E-state index in [1.165, 1.54) is 42.5 Å². The largest absolute Gasteiger partial charge is 0.449 e. The smallest absolute Gasteiger partial charge is 0.338 e. The van der Waals surface area contributed by atoms with Gasteiger partial charge in [0.25, 0.3) is 5.89 Å². The minimum Gasteiger partial charge on any atom is -0.449 e. The first-order chi connectivity index (χ1) is 11.9. The summed E-state index contributed by atoms with van der Waals surface area (Å²) in [6.07, 6.45) is -0.774. The number of ether oxygens (including phenoxy) is 1. The van der Waals surface area contributed by atoms with Gasteiger partial charge in [-0.3, -0.25) is 0 Å². The predicted octanol–water partition coefficient (Wildman–Crippen LogP) is 5.10. The molecule has 0 saturated carbocycles. The van der Waals surface area contributed by atoms with Crippen LogP contribution in [0.1, 0.15) is 29.3 Å². The van der Waals surface area contributed by atoms with Gasteiger partial charge in [0.2, 0.25) is 5.89 Å². The van der Waals surface area contributed by atoms with Gasteiger partial charge < -0.3 is 9.15 Å². The minimum absolute atomic E-state index is 0.118. The highest BCUT2D eigenvalue weighted by Crippen LogP contribution is 2.26. The highest BCUT2D eigenvalue weighted by atomic mass is 35.5. The molecule has 0 radical (unpaired) electrons. The monoisotopic (exact) mass is 380 g/mol. The van der Waals surface area contributed by atoms with Gasteiger partial charge in [-0.05, 0) is 49.4 Å². The molecule has 8 heteroatoms. The average molecular weight is 381 g/mol. The molecule has 0 aliphatic heterocycles. The van der Waals surface area contributed by atoms with E-state index in [0.29, 0.717) is 10.6 Å². The molecule has 5 nitrogen and oxygen atoms in total. The zero-order valence-corrected chi connectivity index (χ0v) is 14.4. The van der Waals surface area contributed by atoms with Gasteiger partial charge in [0, 0.05) is 5.56 Å². The van der Waals surface area contributed by atoms with E-state index in [0.717, 1.165) is 0 Å². The van der Waals surface area contributed by atoms with Crippen LogP contribution < -0.4 is 0 Å². The molecule has 0 N–H and O–H groups in total. The zero-order chi connectivity index (χ0) is 18.0. The van der Waals surface area contributed by atoms with Crippen LogP contribution in [0.15, 0.2) is 46.9 Å². The van der Waals surface area contributed by atoms with Crippen LogP contribution in [0, 0.1) is 5.82 Å². The molecule has 0 spiro atoms. The van der Waals surface area contributed by atoms with Gasteiger partial charge in [-0.2, -0.15) is 0 Å². The van der Waals surface area contributed by atoms with E-state index in [1.54, 1.807) is 6.92 Å². The van der Waals surface area contributed by atoms with Gasteiger partial charge in [0.1, 0.15) is 5.82 Å². The first kappa shape index (κ1) is 17.4. The van der Waals surface area contributed by atoms with Crippen molar-refractivity contribution >= 4 is 29.2 Å². The Hall–Kier alpha value is -2.44. The summed E-state index contributed by atoms with van der Waals surface area (Å²) in [4.78, 5) is 12.2. The van der Waals surface area contributed by atoms with Crippen molar-refractivity contribution in [2.24, 2.45) is 0 Å². The van der Waals surface area contributed by atoms with Gasteiger partial charge in [0.05, 0.1) is 15.6 Å². The van der Waals surface area contributed by atoms with Crippen LogP contribution in [0.3, 0.4) is 0 Å². The second kappa shape index (κ2) is 7.21. The molecule has 0 bridgehead atoms. The quantitative estimate of drug-likeness (QED) is 0.589. The summed E-state index contributed by atoms with van der Waals surface area (Å²) in [5.74, 6) is -0.653. The van der Waals surface area contributed by atoms with Gasteiger partial charge >= 0.3 is 5.97 Å². The van der Waals surface area contributed by atoms with E-state index in [9.17, 15) is 9.18 Å². The molecule has 0 aliphatic carbocycles. The van der Waals surface area contributed by atoms with E-state index in [2.05, 4.69) is 10.2 Å². The number of carbonyl (C=O) groups excluding carboxylic acids is 1. The second-order valence-corrected chi connectivity index (χ2v) is 5.94. The Kier molecular flexibility index (Phi) is 5.01. The highest BCUT2D eigenvalue weighted by Gasteiger charge is 2.20. The van der Waals surface area contributed by atoms with Crippen molar-refractivity contribution in [3.63, 3.8) is 0 Å². The minimum atomic E-state index is -0.774. The molecule has 3 aromatic rings. The van der Waals surface area contributed by atoms with Crippen molar-refractivity contribution in [1.29, 1.82) is 0 Å². The van der Waals surface area contributed by atoms with Crippen molar-refractivity contribution in [3.05, 3.63) is 69.8 Å². The Labute approximate surface area is 152 Å². The van der Waals surface area contributed by atoms with E-state index in [4.69, 9.17) is 32.4 Å². The van der Waals surface area contributed by atoms with Crippen LogP contribution >= 0.6 is 23.2 Å².